The second-order valence-electron chi connectivity index (χ2n) is 7.58. The third kappa shape index (κ3) is 6.55. The van der Waals surface area contributed by atoms with Crippen molar-refractivity contribution in [1.82, 2.24) is 0 Å². The van der Waals surface area contributed by atoms with E-state index in [4.69, 9.17) is 19.3 Å². The monoisotopic (exact) mass is 408 g/mol. The van der Waals surface area contributed by atoms with Crippen LogP contribution in [-0.2, 0) is 19.1 Å². The molecule has 1 amide bonds. The fraction of sp³-hybridized carbons (Fsp3) is 0.550. The normalized spacial score (nSPS) is 15.7. The summed E-state index contributed by atoms with van der Waals surface area (Å²) in [5.74, 6) is -1.09. The van der Waals surface area contributed by atoms with E-state index in [1.807, 2.05) is 4.90 Å². The summed E-state index contributed by atoms with van der Waals surface area (Å²) in [4.78, 5) is 37.2. The van der Waals surface area contributed by atoms with E-state index in [9.17, 15) is 14.4 Å². The lowest BCUT2D eigenvalue weighted by atomic mass is 10.1. The van der Waals surface area contributed by atoms with Crippen molar-refractivity contribution in [3.8, 4) is 5.75 Å². The van der Waals surface area contributed by atoms with Crippen molar-refractivity contribution < 1.29 is 33.7 Å². The van der Waals surface area contributed by atoms with Crippen molar-refractivity contribution in [2.24, 2.45) is 0 Å². The van der Waals surface area contributed by atoms with Crippen LogP contribution in [0.4, 0.5) is 16.2 Å². The Hall–Kier alpha value is -2.97. The molecule has 1 aromatic carbocycles. The molecule has 0 saturated carbocycles. The van der Waals surface area contributed by atoms with Gasteiger partial charge in [0.15, 0.2) is 5.75 Å². The number of ether oxygens (including phenoxy) is 3. The van der Waals surface area contributed by atoms with Crippen molar-refractivity contribution in [1.29, 1.82) is 0 Å². The van der Waals surface area contributed by atoms with Crippen LogP contribution < -0.4 is 15.0 Å². The Morgan fingerprint density at radius 3 is 2.66 bits per heavy atom. The molecule has 1 atom stereocenters. The number of rotatable bonds is 7. The van der Waals surface area contributed by atoms with Crippen LogP contribution in [0, 0.1) is 0 Å². The van der Waals surface area contributed by atoms with Gasteiger partial charge in [-0.3, -0.25) is 10.1 Å². The highest BCUT2D eigenvalue weighted by molar-refractivity contribution is 5.90. The maximum absolute atomic E-state index is 12.3. The van der Waals surface area contributed by atoms with Gasteiger partial charge in [0.05, 0.1) is 24.5 Å². The molecule has 0 bridgehead atoms. The van der Waals surface area contributed by atoms with Crippen molar-refractivity contribution in [2.45, 2.75) is 52.2 Å². The van der Waals surface area contributed by atoms with E-state index in [1.54, 1.807) is 45.9 Å². The van der Waals surface area contributed by atoms with Crippen LogP contribution in [0.2, 0.25) is 0 Å². The Bertz CT molecular complexity index is 758. The molecule has 1 aliphatic rings. The first kappa shape index (κ1) is 22.3. The van der Waals surface area contributed by atoms with Crippen molar-refractivity contribution >= 4 is 29.4 Å². The average Bonchev–Trinajstić information content (AvgIpc) is 2.60. The van der Waals surface area contributed by atoms with E-state index in [0.29, 0.717) is 30.1 Å². The standard InChI is InChI=1S/C20H28N2O7/c1-5-27-18(25)15-12-22(11-7-10-16(23)24)14-9-6-8-13(17(14)28-15)21-19(26)29-20(2,3)4/h6,8-9,15H,5,7,10-12H2,1-4H3,(H,21,26)(H,23,24). The van der Waals surface area contributed by atoms with Crippen LogP contribution >= 0.6 is 0 Å². The number of nitrogens with one attached hydrogen (secondary N) is 1. The molecule has 2 rings (SSSR count). The van der Waals surface area contributed by atoms with Crippen molar-refractivity contribution in [2.75, 3.05) is 29.9 Å². The molecular weight excluding hydrogens is 380 g/mol. The number of carbonyl (C=O) groups is 3. The second-order valence-corrected chi connectivity index (χ2v) is 7.58. The maximum Gasteiger partial charge on any atom is 0.412 e. The lowest BCUT2D eigenvalue weighted by molar-refractivity contribution is -0.151. The van der Waals surface area contributed by atoms with E-state index >= 15 is 0 Å². The summed E-state index contributed by atoms with van der Waals surface area (Å²) in [5.41, 5.74) is 0.342. The van der Waals surface area contributed by atoms with Crippen LogP contribution in [0.1, 0.15) is 40.5 Å². The Morgan fingerprint density at radius 1 is 1.31 bits per heavy atom. The topological polar surface area (TPSA) is 114 Å². The first-order chi connectivity index (χ1) is 13.6. The number of nitrogens with zero attached hydrogens (tertiary/aromatic N) is 1. The molecule has 0 saturated heterocycles. The van der Waals surface area contributed by atoms with Crippen molar-refractivity contribution in [3.05, 3.63) is 18.2 Å². The Morgan fingerprint density at radius 2 is 2.03 bits per heavy atom. The number of hydrogen-bond donors (Lipinski definition) is 2. The number of aliphatic carboxylic acids is 1. The van der Waals surface area contributed by atoms with Gasteiger partial charge < -0.3 is 24.2 Å². The van der Waals surface area contributed by atoms with E-state index in [0.717, 1.165) is 0 Å². The molecule has 0 fully saturated rings. The fourth-order valence-electron chi connectivity index (χ4n) is 2.88. The summed E-state index contributed by atoms with van der Waals surface area (Å²) in [6.07, 6.45) is -1.14. The van der Waals surface area contributed by atoms with Crippen LogP contribution in [0.25, 0.3) is 0 Å². The zero-order valence-electron chi connectivity index (χ0n) is 17.2. The molecule has 0 aliphatic carbocycles. The minimum atomic E-state index is -0.895. The number of hydrogen-bond acceptors (Lipinski definition) is 7. The van der Waals surface area contributed by atoms with Gasteiger partial charge in [0, 0.05) is 13.0 Å². The number of para-hydroxylation sites is 1. The summed E-state index contributed by atoms with van der Waals surface area (Å²) in [6.45, 7) is 7.81. The summed E-state index contributed by atoms with van der Waals surface area (Å²) < 4.78 is 16.2. The number of esters is 1. The van der Waals surface area contributed by atoms with E-state index in [-0.39, 0.29) is 19.6 Å². The predicted octanol–water partition coefficient (Wildman–Crippen LogP) is 3.03. The molecule has 2 N–H and O–H groups in total. The molecule has 0 radical (unpaired) electrons. The Labute approximate surface area is 169 Å². The molecule has 160 valence electrons. The van der Waals surface area contributed by atoms with Gasteiger partial charge in [-0.1, -0.05) is 6.07 Å². The third-order valence-corrected chi connectivity index (χ3v) is 3.99. The predicted molar refractivity (Wildman–Crippen MR) is 106 cm³/mol. The highest BCUT2D eigenvalue weighted by atomic mass is 16.6. The van der Waals surface area contributed by atoms with Crippen LogP contribution in [-0.4, -0.2) is 54.5 Å². The molecule has 0 spiro atoms. The molecule has 9 nitrogen and oxygen atoms in total. The van der Waals surface area contributed by atoms with Gasteiger partial charge in [-0.15, -0.1) is 0 Å². The summed E-state index contributed by atoms with van der Waals surface area (Å²) in [6, 6.07) is 5.17. The van der Waals surface area contributed by atoms with Gasteiger partial charge in [-0.05, 0) is 46.2 Å². The van der Waals surface area contributed by atoms with Crippen molar-refractivity contribution in [3.63, 3.8) is 0 Å². The average molecular weight is 408 g/mol. The molecule has 9 heteroatoms. The first-order valence-electron chi connectivity index (χ1n) is 9.53. The fourth-order valence-corrected chi connectivity index (χ4v) is 2.88. The number of amides is 1. The number of benzene rings is 1. The Kier molecular flexibility index (Phi) is 7.30. The number of fused-ring (bicyclic) bond motifs is 1. The van der Waals surface area contributed by atoms with Gasteiger partial charge in [-0.2, -0.15) is 0 Å². The quantitative estimate of drug-likeness (QED) is 0.662. The molecule has 1 heterocycles. The van der Waals surface area contributed by atoms with Gasteiger partial charge in [0.1, 0.15) is 5.60 Å². The number of carboxylic acid groups (broad SMARTS) is 1. The van der Waals surface area contributed by atoms with Gasteiger partial charge in [0.2, 0.25) is 6.10 Å². The highest BCUT2D eigenvalue weighted by Crippen LogP contribution is 2.40. The molecule has 1 aromatic rings. The summed E-state index contributed by atoms with van der Waals surface area (Å²) in [7, 11) is 0. The minimum absolute atomic E-state index is 0.00656. The summed E-state index contributed by atoms with van der Waals surface area (Å²) in [5, 5.41) is 11.6. The van der Waals surface area contributed by atoms with Gasteiger partial charge >= 0.3 is 18.0 Å². The third-order valence-electron chi connectivity index (χ3n) is 3.99. The molecule has 1 unspecified atom stereocenters. The number of anilines is 2. The molecule has 29 heavy (non-hydrogen) atoms. The first-order valence-corrected chi connectivity index (χ1v) is 9.53. The maximum atomic E-state index is 12.3. The van der Waals surface area contributed by atoms with Gasteiger partial charge in [0.25, 0.3) is 0 Å². The molecule has 0 aromatic heterocycles. The van der Waals surface area contributed by atoms with E-state index in [1.165, 1.54) is 0 Å². The van der Waals surface area contributed by atoms with E-state index < -0.39 is 29.7 Å². The van der Waals surface area contributed by atoms with Crippen LogP contribution in [0.3, 0.4) is 0 Å². The highest BCUT2D eigenvalue weighted by Gasteiger charge is 2.33. The zero-order valence-corrected chi connectivity index (χ0v) is 17.2. The van der Waals surface area contributed by atoms with E-state index in [2.05, 4.69) is 5.32 Å². The lowest BCUT2D eigenvalue weighted by Gasteiger charge is -2.36. The van der Waals surface area contributed by atoms with Crippen LogP contribution in [0.15, 0.2) is 18.2 Å². The second kappa shape index (κ2) is 9.49. The SMILES string of the molecule is CCOC(=O)C1CN(CCCC(=O)O)c2cccc(NC(=O)OC(C)(C)C)c2O1. The van der Waals surface area contributed by atoms with Crippen LogP contribution in [0.5, 0.6) is 5.75 Å². The van der Waals surface area contributed by atoms with Gasteiger partial charge in [-0.25, -0.2) is 9.59 Å². The largest absolute Gasteiger partial charge is 0.481 e. The summed E-state index contributed by atoms with van der Waals surface area (Å²) >= 11 is 0. The molecule has 1 aliphatic heterocycles. The lowest BCUT2D eigenvalue weighted by Crippen LogP contribution is -2.46. The number of carbonyl (C=O) groups excluding carboxylic acids is 2. The minimum Gasteiger partial charge on any atom is -0.481 e. The smallest absolute Gasteiger partial charge is 0.412 e. The Balaban J connectivity index is 2.28. The number of carboxylic acids is 1. The molecular formula is C20H28N2O7. The zero-order chi connectivity index (χ0) is 21.6.